The number of aromatic carboxylic acids is 1. The number of aromatic nitrogens is 1. The molecule has 0 amide bonds. The van der Waals surface area contributed by atoms with Crippen LogP contribution in [0.25, 0.3) is 10.9 Å². The van der Waals surface area contributed by atoms with E-state index in [1.807, 2.05) is 0 Å². The van der Waals surface area contributed by atoms with Crippen LogP contribution in [0.15, 0.2) is 24.3 Å². The Morgan fingerprint density at radius 2 is 1.80 bits per heavy atom. The Morgan fingerprint density at radius 3 is 2.47 bits per heavy atom. The molecule has 0 spiro atoms. The highest BCUT2D eigenvalue weighted by Crippen LogP contribution is 2.19. The number of carbonyl (C=O) groups is 1. The molecule has 0 fully saturated rings. The van der Waals surface area contributed by atoms with Gasteiger partial charge in [0.25, 0.3) is 0 Å². The SMILES string of the molecule is O=C(O)c1ccc2c(F)ccc(F)c2n1. The van der Waals surface area contributed by atoms with Crippen molar-refractivity contribution in [1.82, 2.24) is 4.98 Å². The van der Waals surface area contributed by atoms with E-state index >= 15 is 0 Å². The van der Waals surface area contributed by atoms with E-state index in [9.17, 15) is 13.6 Å². The van der Waals surface area contributed by atoms with Crippen LogP contribution < -0.4 is 0 Å². The Labute approximate surface area is 83.0 Å². The Kier molecular flexibility index (Phi) is 2.07. The number of hydrogen-bond acceptors (Lipinski definition) is 2. The predicted molar refractivity (Wildman–Crippen MR) is 48.6 cm³/mol. The third-order valence-electron chi connectivity index (χ3n) is 1.97. The highest BCUT2D eigenvalue weighted by Gasteiger charge is 2.11. The van der Waals surface area contributed by atoms with Gasteiger partial charge in [-0.2, -0.15) is 0 Å². The van der Waals surface area contributed by atoms with Gasteiger partial charge < -0.3 is 5.11 Å². The summed E-state index contributed by atoms with van der Waals surface area (Å²) >= 11 is 0. The zero-order chi connectivity index (χ0) is 11.0. The van der Waals surface area contributed by atoms with Crippen LogP contribution in [-0.2, 0) is 0 Å². The molecule has 0 bridgehead atoms. The predicted octanol–water partition coefficient (Wildman–Crippen LogP) is 2.21. The topological polar surface area (TPSA) is 50.2 Å². The maximum Gasteiger partial charge on any atom is 0.354 e. The highest BCUT2D eigenvalue weighted by atomic mass is 19.1. The third-order valence-corrected chi connectivity index (χ3v) is 1.97. The van der Waals surface area contributed by atoms with Gasteiger partial charge in [0.05, 0.1) is 0 Å². The summed E-state index contributed by atoms with van der Waals surface area (Å²) in [6.07, 6.45) is 0. The van der Waals surface area contributed by atoms with E-state index in [2.05, 4.69) is 4.98 Å². The van der Waals surface area contributed by atoms with E-state index < -0.39 is 17.6 Å². The van der Waals surface area contributed by atoms with E-state index in [0.29, 0.717) is 0 Å². The summed E-state index contributed by atoms with van der Waals surface area (Å²) in [5, 5.41) is 8.60. The molecule has 0 aliphatic carbocycles. The number of carboxylic acids is 1. The van der Waals surface area contributed by atoms with Crippen LogP contribution >= 0.6 is 0 Å². The van der Waals surface area contributed by atoms with Gasteiger partial charge >= 0.3 is 5.97 Å². The molecular weight excluding hydrogens is 204 g/mol. The molecule has 15 heavy (non-hydrogen) atoms. The van der Waals surface area contributed by atoms with Crippen LogP contribution in [0, 0.1) is 11.6 Å². The fourth-order valence-electron chi connectivity index (χ4n) is 1.27. The minimum absolute atomic E-state index is 0.0278. The standard InChI is InChI=1S/C10H5F2NO2/c11-6-2-3-7(12)9-5(6)1-4-8(13-9)10(14)15/h1-4H,(H,14,15). The zero-order valence-corrected chi connectivity index (χ0v) is 7.37. The van der Waals surface area contributed by atoms with Gasteiger partial charge in [0.2, 0.25) is 0 Å². The molecule has 0 saturated heterocycles. The van der Waals surface area contributed by atoms with Gasteiger partial charge in [-0.3, -0.25) is 0 Å². The molecule has 1 aromatic carbocycles. The number of fused-ring (bicyclic) bond motifs is 1. The van der Waals surface area contributed by atoms with Crippen molar-refractivity contribution in [3.05, 3.63) is 41.6 Å². The van der Waals surface area contributed by atoms with Gasteiger partial charge in [0.15, 0.2) is 0 Å². The van der Waals surface area contributed by atoms with Crippen molar-refractivity contribution in [2.24, 2.45) is 0 Å². The number of pyridine rings is 1. The minimum Gasteiger partial charge on any atom is -0.477 e. The zero-order valence-electron chi connectivity index (χ0n) is 7.37. The lowest BCUT2D eigenvalue weighted by Crippen LogP contribution is -2.01. The van der Waals surface area contributed by atoms with Crippen molar-refractivity contribution in [3.8, 4) is 0 Å². The lowest BCUT2D eigenvalue weighted by molar-refractivity contribution is 0.0691. The van der Waals surface area contributed by atoms with Crippen molar-refractivity contribution >= 4 is 16.9 Å². The van der Waals surface area contributed by atoms with Crippen LogP contribution in [0.5, 0.6) is 0 Å². The van der Waals surface area contributed by atoms with Gasteiger partial charge in [0.1, 0.15) is 22.8 Å². The van der Waals surface area contributed by atoms with Crippen LogP contribution in [0.2, 0.25) is 0 Å². The Bertz CT molecular complexity index is 554. The molecule has 3 nitrogen and oxygen atoms in total. The summed E-state index contributed by atoms with van der Waals surface area (Å²) in [6, 6.07) is 4.22. The lowest BCUT2D eigenvalue weighted by atomic mass is 10.2. The van der Waals surface area contributed by atoms with Crippen molar-refractivity contribution in [1.29, 1.82) is 0 Å². The Hall–Kier alpha value is -2.04. The van der Waals surface area contributed by atoms with Gasteiger partial charge in [0, 0.05) is 5.39 Å². The van der Waals surface area contributed by atoms with E-state index in [0.717, 1.165) is 18.2 Å². The average molecular weight is 209 g/mol. The molecule has 2 rings (SSSR count). The Balaban J connectivity index is 2.81. The van der Waals surface area contributed by atoms with Crippen molar-refractivity contribution in [3.63, 3.8) is 0 Å². The third kappa shape index (κ3) is 1.52. The summed E-state index contributed by atoms with van der Waals surface area (Å²) in [4.78, 5) is 14.1. The van der Waals surface area contributed by atoms with E-state index in [1.54, 1.807) is 0 Å². The smallest absolute Gasteiger partial charge is 0.354 e. The number of benzene rings is 1. The highest BCUT2D eigenvalue weighted by molar-refractivity contribution is 5.90. The summed E-state index contributed by atoms with van der Waals surface area (Å²) < 4.78 is 26.3. The molecule has 0 radical (unpaired) electrons. The number of hydrogen-bond donors (Lipinski definition) is 1. The average Bonchev–Trinajstić information content (AvgIpc) is 2.23. The molecule has 2 aromatic rings. The summed E-state index contributed by atoms with van der Waals surface area (Å²) in [6.45, 7) is 0. The van der Waals surface area contributed by atoms with Crippen molar-refractivity contribution in [2.45, 2.75) is 0 Å². The molecule has 76 valence electrons. The van der Waals surface area contributed by atoms with E-state index in [1.165, 1.54) is 6.07 Å². The molecule has 0 unspecified atom stereocenters. The number of halogens is 2. The first kappa shape index (κ1) is 9.51. The largest absolute Gasteiger partial charge is 0.477 e. The number of carboxylic acid groups (broad SMARTS) is 1. The first-order chi connectivity index (χ1) is 7.09. The lowest BCUT2D eigenvalue weighted by Gasteiger charge is -2.01. The first-order valence-electron chi connectivity index (χ1n) is 4.07. The van der Waals surface area contributed by atoms with Crippen molar-refractivity contribution in [2.75, 3.05) is 0 Å². The van der Waals surface area contributed by atoms with E-state index in [4.69, 9.17) is 5.11 Å². The van der Waals surface area contributed by atoms with Crippen LogP contribution in [0.3, 0.4) is 0 Å². The van der Waals surface area contributed by atoms with Crippen LogP contribution in [0.1, 0.15) is 10.5 Å². The second-order valence-corrected chi connectivity index (χ2v) is 2.93. The maximum atomic E-state index is 13.2. The second-order valence-electron chi connectivity index (χ2n) is 2.93. The van der Waals surface area contributed by atoms with Crippen molar-refractivity contribution < 1.29 is 18.7 Å². The molecule has 1 N–H and O–H groups in total. The van der Waals surface area contributed by atoms with Gasteiger partial charge in [-0.1, -0.05) is 0 Å². The second kappa shape index (κ2) is 3.27. The minimum atomic E-state index is -1.28. The molecular formula is C10H5F2NO2. The quantitative estimate of drug-likeness (QED) is 0.783. The number of nitrogens with zero attached hydrogens (tertiary/aromatic N) is 1. The molecule has 5 heteroatoms. The molecule has 0 saturated carbocycles. The maximum absolute atomic E-state index is 13.2. The summed E-state index contributed by atoms with van der Waals surface area (Å²) in [7, 11) is 0. The molecule has 1 aromatic heterocycles. The molecule has 0 aliphatic heterocycles. The van der Waals surface area contributed by atoms with Gasteiger partial charge in [-0.25, -0.2) is 18.6 Å². The Morgan fingerprint density at radius 1 is 1.13 bits per heavy atom. The molecule has 1 heterocycles. The normalized spacial score (nSPS) is 10.5. The monoisotopic (exact) mass is 209 g/mol. The summed E-state index contributed by atoms with van der Waals surface area (Å²) in [5.41, 5.74) is -0.582. The fourth-order valence-corrected chi connectivity index (χ4v) is 1.27. The van der Waals surface area contributed by atoms with E-state index in [-0.39, 0.29) is 16.6 Å². The summed E-state index contributed by atoms with van der Waals surface area (Å²) in [5.74, 6) is -2.65. The molecule has 0 aliphatic rings. The van der Waals surface area contributed by atoms with Gasteiger partial charge in [-0.15, -0.1) is 0 Å². The van der Waals surface area contributed by atoms with Crippen LogP contribution in [-0.4, -0.2) is 16.1 Å². The first-order valence-corrected chi connectivity index (χ1v) is 4.07. The van der Waals surface area contributed by atoms with Crippen LogP contribution in [0.4, 0.5) is 8.78 Å². The number of rotatable bonds is 1. The molecule has 0 atom stereocenters. The van der Waals surface area contributed by atoms with Gasteiger partial charge in [-0.05, 0) is 24.3 Å². The fraction of sp³-hybridized carbons (Fsp3) is 0.